The number of rotatable bonds is 4. The van der Waals surface area contributed by atoms with Crippen LogP contribution < -0.4 is 16.8 Å². The minimum Gasteiger partial charge on any atom is -0.393 e. The van der Waals surface area contributed by atoms with E-state index in [0.29, 0.717) is 12.4 Å². The lowest BCUT2D eigenvalue weighted by atomic mass is 9.93. The lowest BCUT2D eigenvalue weighted by molar-refractivity contribution is -0.125. The molecule has 16 heavy (non-hydrogen) atoms. The number of hydrogen-bond donors (Lipinski definition) is 3. The number of aromatic nitrogens is 2. The zero-order chi connectivity index (χ0) is 12.3. The first-order valence-electron chi connectivity index (χ1n) is 4.64. The Kier molecular flexibility index (Phi) is 3.54. The molecule has 5 N–H and O–H groups in total. The molecule has 0 aromatic carbocycles. The van der Waals surface area contributed by atoms with Crippen molar-refractivity contribution in [2.45, 2.75) is 13.8 Å². The van der Waals surface area contributed by atoms with Gasteiger partial charge in [0.2, 0.25) is 5.91 Å². The maximum Gasteiger partial charge on any atom is 0.224 e. The van der Waals surface area contributed by atoms with Crippen LogP contribution in [0, 0.1) is 5.41 Å². The standard InChI is InChI=1S/C9H14ClN5O/c1-9(2,8(12)16)3-13-7-5(11)6(10)14-4-15-7/h4H,3,11H2,1-2H3,(H2,12,16)(H,13,14,15). The van der Waals surface area contributed by atoms with Gasteiger partial charge in [-0.2, -0.15) is 0 Å². The number of nitrogens with two attached hydrogens (primary N) is 2. The normalized spacial score (nSPS) is 11.2. The largest absolute Gasteiger partial charge is 0.393 e. The van der Waals surface area contributed by atoms with Gasteiger partial charge in [-0.3, -0.25) is 4.79 Å². The average Bonchev–Trinajstić information content (AvgIpc) is 2.20. The van der Waals surface area contributed by atoms with Crippen LogP contribution in [0.15, 0.2) is 6.33 Å². The zero-order valence-electron chi connectivity index (χ0n) is 9.12. The van der Waals surface area contributed by atoms with Gasteiger partial charge in [-0.1, -0.05) is 11.6 Å². The topological polar surface area (TPSA) is 107 Å². The molecule has 0 aliphatic carbocycles. The maximum absolute atomic E-state index is 11.1. The molecular weight excluding hydrogens is 230 g/mol. The number of nitrogens with one attached hydrogen (secondary N) is 1. The van der Waals surface area contributed by atoms with E-state index in [-0.39, 0.29) is 10.8 Å². The summed E-state index contributed by atoms with van der Waals surface area (Å²) in [6.07, 6.45) is 1.29. The van der Waals surface area contributed by atoms with E-state index in [9.17, 15) is 4.79 Å². The first-order chi connectivity index (χ1) is 7.34. The number of carbonyl (C=O) groups is 1. The Morgan fingerprint density at radius 3 is 2.75 bits per heavy atom. The predicted molar refractivity (Wildman–Crippen MR) is 62.9 cm³/mol. The highest BCUT2D eigenvalue weighted by molar-refractivity contribution is 6.32. The van der Waals surface area contributed by atoms with Gasteiger partial charge in [0.25, 0.3) is 0 Å². The zero-order valence-corrected chi connectivity index (χ0v) is 9.88. The van der Waals surface area contributed by atoms with Crippen molar-refractivity contribution in [3.63, 3.8) is 0 Å². The molecular formula is C9H14ClN5O. The summed E-state index contributed by atoms with van der Waals surface area (Å²) in [6.45, 7) is 3.77. The van der Waals surface area contributed by atoms with E-state index in [1.54, 1.807) is 13.8 Å². The van der Waals surface area contributed by atoms with Crippen molar-refractivity contribution >= 4 is 29.0 Å². The highest BCUT2D eigenvalue weighted by Crippen LogP contribution is 2.23. The summed E-state index contributed by atoms with van der Waals surface area (Å²) in [5.41, 5.74) is 10.4. The van der Waals surface area contributed by atoms with Crippen LogP contribution in [0.2, 0.25) is 5.15 Å². The fraction of sp³-hybridized carbons (Fsp3) is 0.444. The van der Waals surface area contributed by atoms with Crippen LogP contribution in [0.5, 0.6) is 0 Å². The van der Waals surface area contributed by atoms with Gasteiger partial charge in [-0.25, -0.2) is 9.97 Å². The van der Waals surface area contributed by atoms with Gasteiger partial charge in [-0.15, -0.1) is 0 Å². The number of carbonyl (C=O) groups excluding carboxylic acids is 1. The van der Waals surface area contributed by atoms with Crippen molar-refractivity contribution in [3.05, 3.63) is 11.5 Å². The Labute approximate surface area is 98.4 Å². The Bertz CT molecular complexity index is 407. The van der Waals surface area contributed by atoms with Gasteiger partial charge in [-0.05, 0) is 13.8 Å². The fourth-order valence-corrected chi connectivity index (χ4v) is 1.04. The molecule has 0 unspecified atom stereocenters. The van der Waals surface area contributed by atoms with Gasteiger partial charge >= 0.3 is 0 Å². The summed E-state index contributed by atoms with van der Waals surface area (Å²) in [6, 6.07) is 0. The van der Waals surface area contributed by atoms with E-state index in [2.05, 4.69) is 15.3 Å². The van der Waals surface area contributed by atoms with Crippen LogP contribution in [0.25, 0.3) is 0 Å². The quantitative estimate of drug-likeness (QED) is 0.673. The van der Waals surface area contributed by atoms with Crippen molar-refractivity contribution in [1.29, 1.82) is 0 Å². The van der Waals surface area contributed by atoms with Gasteiger partial charge in [0.1, 0.15) is 12.0 Å². The van der Waals surface area contributed by atoms with Crippen molar-refractivity contribution in [1.82, 2.24) is 9.97 Å². The SMILES string of the molecule is CC(C)(CNc1ncnc(Cl)c1N)C(N)=O. The van der Waals surface area contributed by atoms with Crippen LogP contribution in [0.3, 0.4) is 0 Å². The second-order valence-corrected chi connectivity index (χ2v) is 4.39. The first-order valence-corrected chi connectivity index (χ1v) is 5.02. The number of nitrogen functional groups attached to an aromatic ring is 1. The summed E-state index contributed by atoms with van der Waals surface area (Å²) in [4.78, 5) is 18.7. The fourth-order valence-electron chi connectivity index (χ4n) is 0.907. The Morgan fingerprint density at radius 1 is 1.56 bits per heavy atom. The molecule has 0 aliphatic rings. The molecule has 1 rings (SSSR count). The van der Waals surface area contributed by atoms with E-state index in [1.807, 2.05) is 0 Å². The van der Waals surface area contributed by atoms with Crippen LogP contribution >= 0.6 is 11.6 Å². The van der Waals surface area contributed by atoms with E-state index < -0.39 is 11.3 Å². The third kappa shape index (κ3) is 2.73. The number of primary amides is 1. The smallest absolute Gasteiger partial charge is 0.224 e. The van der Waals surface area contributed by atoms with Gasteiger partial charge in [0.15, 0.2) is 11.0 Å². The average molecular weight is 244 g/mol. The molecule has 0 atom stereocenters. The second-order valence-electron chi connectivity index (χ2n) is 4.03. The molecule has 1 amide bonds. The minimum atomic E-state index is -0.691. The van der Waals surface area contributed by atoms with Crippen molar-refractivity contribution in [2.75, 3.05) is 17.6 Å². The molecule has 7 heteroatoms. The molecule has 1 heterocycles. The van der Waals surface area contributed by atoms with E-state index >= 15 is 0 Å². The number of halogens is 1. The molecule has 0 radical (unpaired) electrons. The lowest BCUT2D eigenvalue weighted by Gasteiger charge is -2.21. The molecule has 1 aromatic rings. The summed E-state index contributed by atoms with van der Waals surface area (Å²) >= 11 is 5.72. The third-order valence-electron chi connectivity index (χ3n) is 2.20. The summed E-state index contributed by atoms with van der Waals surface area (Å²) in [5.74, 6) is -0.00644. The van der Waals surface area contributed by atoms with Gasteiger partial charge in [0.05, 0.1) is 5.41 Å². The predicted octanol–water partition coefficient (Wildman–Crippen LogP) is 0.636. The van der Waals surface area contributed by atoms with Crippen molar-refractivity contribution in [2.24, 2.45) is 11.1 Å². The second kappa shape index (κ2) is 4.52. The van der Waals surface area contributed by atoms with E-state index in [1.165, 1.54) is 6.33 Å². The summed E-state index contributed by atoms with van der Waals surface area (Å²) in [5, 5.41) is 3.09. The molecule has 0 saturated carbocycles. The first kappa shape index (κ1) is 12.5. The van der Waals surface area contributed by atoms with Crippen molar-refractivity contribution in [3.8, 4) is 0 Å². The Morgan fingerprint density at radius 2 is 2.19 bits per heavy atom. The molecule has 0 aliphatic heterocycles. The van der Waals surface area contributed by atoms with E-state index in [0.717, 1.165) is 0 Å². The highest BCUT2D eigenvalue weighted by Gasteiger charge is 2.25. The highest BCUT2D eigenvalue weighted by atomic mass is 35.5. The number of anilines is 2. The van der Waals surface area contributed by atoms with E-state index in [4.69, 9.17) is 23.1 Å². The van der Waals surface area contributed by atoms with Crippen molar-refractivity contribution < 1.29 is 4.79 Å². The number of hydrogen-bond acceptors (Lipinski definition) is 5. The summed E-state index contributed by atoms with van der Waals surface area (Å²) < 4.78 is 0. The van der Waals surface area contributed by atoms with Crippen LogP contribution in [-0.4, -0.2) is 22.4 Å². The lowest BCUT2D eigenvalue weighted by Crippen LogP contribution is -2.37. The van der Waals surface area contributed by atoms with Crippen LogP contribution in [-0.2, 0) is 4.79 Å². The maximum atomic E-state index is 11.1. The molecule has 0 saturated heterocycles. The summed E-state index contributed by atoms with van der Waals surface area (Å²) in [7, 11) is 0. The Hall–Kier alpha value is -1.56. The van der Waals surface area contributed by atoms with Crippen LogP contribution in [0.4, 0.5) is 11.5 Å². The molecule has 0 bridgehead atoms. The number of nitrogens with zero attached hydrogens (tertiary/aromatic N) is 2. The number of amides is 1. The molecule has 6 nitrogen and oxygen atoms in total. The van der Waals surface area contributed by atoms with Gasteiger partial charge in [0, 0.05) is 6.54 Å². The minimum absolute atomic E-state index is 0.175. The molecule has 0 spiro atoms. The monoisotopic (exact) mass is 243 g/mol. The van der Waals surface area contributed by atoms with Crippen LogP contribution in [0.1, 0.15) is 13.8 Å². The molecule has 1 aromatic heterocycles. The van der Waals surface area contributed by atoms with Gasteiger partial charge < -0.3 is 16.8 Å². The Balaban J connectivity index is 2.76. The molecule has 88 valence electrons. The molecule has 0 fully saturated rings. The third-order valence-corrected chi connectivity index (χ3v) is 2.50.